The standard InChI is InChI=1S/C27H46O2/c1-4-5-6-7-8-9-10-19-11-12-22-21-17-24-27(29-24)18-20(28)13-16-26(27,3)23(21)14-15-25(19,22)2/h19-24,28H,4-18H2,1-3H3/t19-,20-,21-,22-,23-,24-,25+,26+,27-/m0/s1. The van der Waals surface area contributed by atoms with Crippen molar-refractivity contribution >= 4 is 0 Å². The van der Waals surface area contributed by atoms with Crippen molar-refractivity contribution in [2.75, 3.05) is 0 Å². The molecule has 0 aromatic rings. The maximum absolute atomic E-state index is 10.3. The highest BCUT2D eigenvalue weighted by atomic mass is 16.6. The summed E-state index contributed by atoms with van der Waals surface area (Å²) in [5.74, 6) is 3.66. The smallest absolute Gasteiger partial charge is 0.103 e. The fourth-order valence-corrected chi connectivity index (χ4v) is 9.41. The second-order valence-electron chi connectivity index (χ2n) is 12.3. The molecule has 1 N–H and O–H groups in total. The predicted molar refractivity (Wildman–Crippen MR) is 119 cm³/mol. The van der Waals surface area contributed by atoms with Crippen molar-refractivity contribution < 1.29 is 9.84 Å². The lowest BCUT2D eigenvalue weighted by atomic mass is 9.44. The molecule has 0 aromatic heterocycles. The highest BCUT2D eigenvalue weighted by Crippen LogP contribution is 2.74. The van der Waals surface area contributed by atoms with Crippen molar-refractivity contribution in [2.45, 2.75) is 135 Å². The first kappa shape index (κ1) is 20.8. The SMILES string of the molecule is CCCCCCCC[C@H]1CC[C@H]2[C@@H]3C[C@@H]4O[C@@]45C[C@@H](O)CC[C@]5(C)[C@H]3CC[C@]12C. The third-order valence-electron chi connectivity index (χ3n) is 11.2. The summed E-state index contributed by atoms with van der Waals surface area (Å²) in [6, 6.07) is 0. The number of ether oxygens (including phenoxy) is 1. The minimum atomic E-state index is -0.119. The van der Waals surface area contributed by atoms with Gasteiger partial charge in [-0.15, -0.1) is 0 Å². The van der Waals surface area contributed by atoms with Crippen molar-refractivity contribution in [3.63, 3.8) is 0 Å². The summed E-state index contributed by atoms with van der Waals surface area (Å²) in [6.45, 7) is 7.56. The van der Waals surface area contributed by atoms with Gasteiger partial charge in [0.05, 0.1) is 12.2 Å². The molecule has 1 saturated heterocycles. The lowest BCUT2D eigenvalue weighted by Crippen LogP contribution is -2.58. The van der Waals surface area contributed by atoms with Crippen LogP contribution in [0.4, 0.5) is 0 Å². The summed E-state index contributed by atoms with van der Waals surface area (Å²) in [5, 5.41) is 10.3. The van der Waals surface area contributed by atoms with Crippen LogP contribution in [0.15, 0.2) is 0 Å². The zero-order chi connectivity index (χ0) is 20.3. The van der Waals surface area contributed by atoms with Crippen LogP contribution in [-0.2, 0) is 4.74 Å². The summed E-state index contributed by atoms with van der Waals surface area (Å²) in [4.78, 5) is 0. The fourth-order valence-electron chi connectivity index (χ4n) is 9.41. The number of rotatable bonds is 7. The quantitative estimate of drug-likeness (QED) is 0.371. The van der Waals surface area contributed by atoms with E-state index in [1.165, 1.54) is 83.5 Å². The molecule has 5 aliphatic rings. The van der Waals surface area contributed by atoms with Gasteiger partial charge in [-0.25, -0.2) is 0 Å². The van der Waals surface area contributed by atoms with Crippen LogP contribution in [0.25, 0.3) is 0 Å². The van der Waals surface area contributed by atoms with E-state index >= 15 is 0 Å². The molecule has 0 aromatic carbocycles. The van der Waals surface area contributed by atoms with Crippen LogP contribution >= 0.6 is 0 Å². The summed E-state index contributed by atoms with van der Waals surface area (Å²) < 4.78 is 6.49. The van der Waals surface area contributed by atoms with E-state index in [2.05, 4.69) is 20.8 Å². The van der Waals surface area contributed by atoms with Crippen molar-refractivity contribution in [1.29, 1.82) is 0 Å². The molecule has 2 nitrogen and oxygen atoms in total. The lowest BCUT2D eigenvalue weighted by Gasteiger charge is -2.59. The van der Waals surface area contributed by atoms with Crippen LogP contribution in [0.1, 0.15) is 117 Å². The van der Waals surface area contributed by atoms with Gasteiger partial charge in [-0.3, -0.25) is 0 Å². The topological polar surface area (TPSA) is 32.8 Å². The van der Waals surface area contributed by atoms with Gasteiger partial charge in [-0.05, 0) is 80.5 Å². The van der Waals surface area contributed by atoms with Gasteiger partial charge in [0.15, 0.2) is 0 Å². The molecule has 9 atom stereocenters. The van der Waals surface area contributed by atoms with E-state index in [4.69, 9.17) is 4.74 Å². The van der Waals surface area contributed by atoms with Crippen LogP contribution in [0.2, 0.25) is 0 Å². The summed E-state index contributed by atoms with van der Waals surface area (Å²) in [7, 11) is 0. The maximum Gasteiger partial charge on any atom is 0.103 e. The van der Waals surface area contributed by atoms with Gasteiger partial charge in [0.25, 0.3) is 0 Å². The van der Waals surface area contributed by atoms with Gasteiger partial charge in [-0.2, -0.15) is 0 Å². The number of unbranched alkanes of at least 4 members (excludes halogenated alkanes) is 5. The molecule has 0 amide bonds. The number of hydrogen-bond acceptors (Lipinski definition) is 2. The molecule has 4 saturated carbocycles. The molecule has 4 aliphatic carbocycles. The van der Waals surface area contributed by atoms with E-state index in [1.807, 2.05) is 0 Å². The van der Waals surface area contributed by atoms with E-state index < -0.39 is 0 Å². The number of epoxide rings is 1. The third-order valence-corrected chi connectivity index (χ3v) is 11.2. The molecule has 2 heteroatoms. The van der Waals surface area contributed by atoms with Gasteiger partial charge in [0.2, 0.25) is 0 Å². The van der Waals surface area contributed by atoms with Crippen LogP contribution in [0.5, 0.6) is 0 Å². The van der Waals surface area contributed by atoms with Gasteiger partial charge in [0.1, 0.15) is 5.60 Å². The van der Waals surface area contributed by atoms with Gasteiger partial charge in [-0.1, -0.05) is 59.3 Å². The summed E-state index contributed by atoms with van der Waals surface area (Å²) in [6.07, 6.45) is 20.7. The first-order valence-corrected chi connectivity index (χ1v) is 13.3. The lowest BCUT2D eigenvalue weighted by molar-refractivity contribution is -0.114. The average molecular weight is 403 g/mol. The molecule has 0 unspecified atom stereocenters. The van der Waals surface area contributed by atoms with E-state index in [1.54, 1.807) is 0 Å². The molecule has 0 radical (unpaired) electrons. The zero-order valence-electron chi connectivity index (χ0n) is 19.4. The van der Waals surface area contributed by atoms with Crippen LogP contribution < -0.4 is 0 Å². The molecule has 29 heavy (non-hydrogen) atoms. The van der Waals surface area contributed by atoms with Gasteiger partial charge < -0.3 is 9.84 Å². The predicted octanol–water partition coefficient (Wildman–Crippen LogP) is 6.89. The Labute approximate surface area is 179 Å². The minimum Gasteiger partial charge on any atom is -0.393 e. The summed E-state index contributed by atoms with van der Waals surface area (Å²) >= 11 is 0. The Hall–Kier alpha value is -0.0800. The second-order valence-corrected chi connectivity index (χ2v) is 12.3. The third kappa shape index (κ3) is 3.09. The second kappa shape index (κ2) is 7.51. The average Bonchev–Trinajstić information content (AvgIpc) is 3.28. The Morgan fingerprint density at radius 1 is 0.897 bits per heavy atom. The highest BCUT2D eigenvalue weighted by molar-refractivity contribution is 5.24. The van der Waals surface area contributed by atoms with E-state index in [-0.39, 0.29) is 11.7 Å². The van der Waals surface area contributed by atoms with E-state index in [0.29, 0.717) is 16.9 Å². The Bertz CT molecular complexity index is 603. The number of fused-ring (bicyclic) bond motifs is 4. The Morgan fingerprint density at radius 3 is 2.52 bits per heavy atom. The van der Waals surface area contributed by atoms with Gasteiger partial charge >= 0.3 is 0 Å². The first-order chi connectivity index (χ1) is 13.9. The monoisotopic (exact) mass is 402 g/mol. The fraction of sp³-hybridized carbons (Fsp3) is 1.00. The van der Waals surface area contributed by atoms with Crippen molar-refractivity contribution in [1.82, 2.24) is 0 Å². The molecular formula is C27H46O2. The molecule has 0 bridgehead atoms. The Morgan fingerprint density at radius 2 is 1.69 bits per heavy atom. The van der Waals surface area contributed by atoms with Crippen molar-refractivity contribution in [3.05, 3.63) is 0 Å². The van der Waals surface area contributed by atoms with Crippen molar-refractivity contribution in [2.24, 2.45) is 34.5 Å². The van der Waals surface area contributed by atoms with Crippen LogP contribution in [0.3, 0.4) is 0 Å². The molecule has 1 heterocycles. The molecule has 1 spiro atoms. The highest BCUT2D eigenvalue weighted by Gasteiger charge is 2.75. The minimum absolute atomic E-state index is 0.0517. The van der Waals surface area contributed by atoms with Crippen molar-refractivity contribution in [3.8, 4) is 0 Å². The molecule has 5 fully saturated rings. The zero-order valence-corrected chi connectivity index (χ0v) is 19.4. The largest absolute Gasteiger partial charge is 0.393 e. The van der Waals surface area contributed by atoms with E-state index in [9.17, 15) is 5.11 Å². The number of aliphatic hydroxyl groups excluding tert-OH is 1. The first-order valence-electron chi connectivity index (χ1n) is 13.3. The number of aliphatic hydroxyl groups is 1. The Kier molecular flexibility index (Phi) is 5.38. The summed E-state index contributed by atoms with van der Waals surface area (Å²) in [5.41, 5.74) is 0.985. The molecule has 5 rings (SSSR count). The van der Waals surface area contributed by atoms with Crippen LogP contribution in [-0.4, -0.2) is 22.9 Å². The normalized spacial score (nSPS) is 53.0. The maximum atomic E-state index is 10.3. The molecule has 166 valence electrons. The van der Waals surface area contributed by atoms with Crippen LogP contribution in [0, 0.1) is 34.5 Å². The molecule has 1 aliphatic heterocycles. The van der Waals surface area contributed by atoms with E-state index in [0.717, 1.165) is 36.5 Å². The van der Waals surface area contributed by atoms with Gasteiger partial charge in [0, 0.05) is 11.8 Å². The Balaban J connectivity index is 1.25. The molecular weight excluding hydrogens is 356 g/mol. The number of hydrogen-bond donors (Lipinski definition) is 1.